The van der Waals surface area contributed by atoms with Gasteiger partial charge >= 0.3 is 5.97 Å². The number of benzene rings is 1. The van der Waals surface area contributed by atoms with Crippen LogP contribution >= 0.6 is 0 Å². The molecule has 0 spiro atoms. The van der Waals surface area contributed by atoms with Crippen LogP contribution in [0.2, 0.25) is 0 Å². The molecule has 0 amide bonds. The Morgan fingerprint density at radius 2 is 2.00 bits per heavy atom. The molecule has 0 radical (unpaired) electrons. The topological polar surface area (TPSA) is 37.3 Å². The van der Waals surface area contributed by atoms with Gasteiger partial charge in [-0.1, -0.05) is 31.5 Å². The van der Waals surface area contributed by atoms with Gasteiger partial charge in [0.25, 0.3) is 0 Å². The van der Waals surface area contributed by atoms with E-state index in [4.69, 9.17) is 5.11 Å². The number of carbonyl (C=O) groups is 1. The molecule has 80 valence electrons. The Morgan fingerprint density at radius 3 is 2.57 bits per heavy atom. The van der Waals surface area contributed by atoms with Gasteiger partial charge < -0.3 is 5.11 Å². The van der Waals surface area contributed by atoms with Crippen LogP contribution in [0.4, 0.5) is 0 Å². The van der Waals surface area contributed by atoms with Crippen molar-refractivity contribution < 1.29 is 26.4 Å². The van der Waals surface area contributed by atoms with E-state index >= 15 is 0 Å². The van der Waals surface area contributed by atoms with E-state index in [1.54, 1.807) is 12.1 Å². The van der Waals surface area contributed by atoms with Crippen LogP contribution in [0.5, 0.6) is 0 Å². The van der Waals surface area contributed by atoms with E-state index in [1.165, 1.54) is 0 Å². The van der Waals surface area contributed by atoms with Crippen LogP contribution in [-0.2, 0) is 22.9 Å². The molecule has 14 heavy (non-hydrogen) atoms. The predicted octanol–water partition coefficient (Wildman–Crippen LogP) is 2.72. The fraction of sp³-hybridized carbons (Fsp3) is 0.364. The summed E-state index contributed by atoms with van der Waals surface area (Å²) in [5.74, 6) is -0.827. The fourth-order valence-corrected chi connectivity index (χ4v) is 1.31. The van der Waals surface area contributed by atoms with Crippen LogP contribution in [0.25, 0.3) is 0 Å². The molecule has 0 atom stereocenters. The Morgan fingerprint density at radius 1 is 1.36 bits per heavy atom. The Balaban J connectivity index is 0.00000169. The van der Waals surface area contributed by atoms with Crippen molar-refractivity contribution in [3.63, 3.8) is 0 Å². The number of hydrogen-bond donors (Lipinski definition) is 1. The first-order valence-electron chi connectivity index (χ1n) is 4.57. The summed E-state index contributed by atoms with van der Waals surface area (Å²) < 4.78 is 0. The standard InChI is InChI=1S/C11H14O2.Ni/c1-2-3-6-9-7-4-5-8-10(9)11(12)13;/h4-5,7-8H,2-3,6H2,1H3,(H,12,13);. The first-order chi connectivity index (χ1) is 6.25. The molecule has 0 bridgehead atoms. The molecule has 3 heteroatoms. The molecule has 0 aliphatic rings. The van der Waals surface area contributed by atoms with E-state index in [-0.39, 0.29) is 16.5 Å². The Kier molecular flexibility index (Phi) is 6.22. The third-order valence-electron chi connectivity index (χ3n) is 2.05. The second-order valence-electron chi connectivity index (χ2n) is 3.07. The van der Waals surface area contributed by atoms with Crippen molar-refractivity contribution in [2.45, 2.75) is 26.2 Å². The van der Waals surface area contributed by atoms with E-state index in [2.05, 4.69) is 6.92 Å². The van der Waals surface area contributed by atoms with E-state index < -0.39 is 5.97 Å². The van der Waals surface area contributed by atoms with Crippen LogP contribution in [-0.4, -0.2) is 11.1 Å². The van der Waals surface area contributed by atoms with Gasteiger partial charge in [0.1, 0.15) is 0 Å². The molecule has 1 rings (SSSR count). The minimum atomic E-state index is -0.827. The molecule has 0 aromatic heterocycles. The number of aromatic carboxylic acids is 1. The number of aryl methyl sites for hydroxylation is 1. The summed E-state index contributed by atoms with van der Waals surface area (Å²) in [4.78, 5) is 10.8. The first kappa shape index (κ1) is 13.2. The van der Waals surface area contributed by atoms with Crippen LogP contribution in [0.15, 0.2) is 24.3 Å². The maximum Gasteiger partial charge on any atom is 0.335 e. The molecule has 0 heterocycles. The molecular formula is C11H14NiO2. The molecule has 0 fully saturated rings. The largest absolute Gasteiger partial charge is 0.478 e. The summed E-state index contributed by atoms with van der Waals surface area (Å²) in [6, 6.07) is 7.20. The summed E-state index contributed by atoms with van der Waals surface area (Å²) in [6.45, 7) is 2.10. The van der Waals surface area contributed by atoms with Crippen molar-refractivity contribution in [2.75, 3.05) is 0 Å². The van der Waals surface area contributed by atoms with Crippen molar-refractivity contribution in [2.24, 2.45) is 0 Å². The zero-order valence-electron chi connectivity index (χ0n) is 8.10. The van der Waals surface area contributed by atoms with Gasteiger partial charge in [-0.15, -0.1) is 0 Å². The summed E-state index contributed by atoms with van der Waals surface area (Å²) in [6.07, 6.45) is 3.00. The van der Waals surface area contributed by atoms with Gasteiger partial charge in [0.15, 0.2) is 0 Å². The number of unbranched alkanes of at least 4 members (excludes halogenated alkanes) is 1. The second kappa shape index (κ2) is 6.61. The monoisotopic (exact) mass is 236 g/mol. The minimum absolute atomic E-state index is 0. The Labute approximate surface area is 94.3 Å². The number of carboxylic acids is 1. The number of rotatable bonds is 4. The van der Waals surface area contributed by atoms with Crippen molar-refractivity contribution >= 4 is 5.97 Å². The van der Waals surface area contributed by atoms with Crippen LogP contribution in [0.1, 0.15) is 35.7 Å². The third-order valence-corrected chi connectivity index (χ3v) is 2.05. The predicted molar refractivity (Wildman–Crippen MR) is 52.0 cm³/mol. The molecule has 0 saturated heterocycles. The molecule has 0 aliphatic carbocycles. The summed E-state index contributed by atoms with van der Waals surface area (Å²) in [5.41, 5.74) is 1.38. The van der Waals surface area contributed by atoms with Crippen molar-refractivity contribution in [3.05, 3.63) is 35.4 Å². The van der Waals surface area contributed by atoms with Gasteiger partial charge in [0, 0.05) is 16.5 Å². The quantitative estimate of drug-likeness (QED) is 0.817. The van der Waals surface area contributed by atoms with Crippen LogP contribution in [0.3, 0.4) is 0 Å². The third kappa shape index (κ3) is 3.51. The van der Waals surface area contributed by atoms with Crippen LogP contribution in [0, 0.1) is 0 Å². The van der Waals surface area contributed by atoms with Gasteiger partial charge in [-0.05, 0) is 24.5 Å². The molecule has 0 unspecified atom stereocenters. The summed E-state index contributed by atoms with van der Waals surface area (Å²) in [5, 5.41) is 8.86. The first-order valence-corrected chi connectivity index (χ1v) is 4.57. The zero-order valence-corrected chi connectivity index (χ0v) is 9.09. The minimum Gasteiger partial charge on any atom is -0.478 e. The molecule has 1 N–H and O–H groups in total. The molecule has 0 aliphatic heterocycles. The fourth-order valence-electron chi connectivity index (χ4n) is 1.31. The average Bonchev–Trinajstić information content (AvgIpc) is 2.15. The number of hydrogen-bond acceptors (Lipinski definition) is 1. The Bertz CT molecular complexity index is 297. The van der Waals surface area contributed by atoms with E-state index in [9.17, 15) is 4.79 Å². The van der Waals surface area contributed by atoms with Gasteiger partial charge in [-0.2, -0.15) is 0 Å². The van der Waals surface area contributed by atoms with Gasteiger partial charge in [-0.3, -0.25) is 0 Å². The normalized spacial score (nSPS) is 9.21. The van der Waals surface area contributed by atoms with Crippen molar-refractivity contribution in [1.82, 2.24) is 0 Å². The summed E-state index contributed by atoms with van der Waals surface area (Å²) >= 11 is 0. The van der Waals surface area contributed by atoms with Crippen molar-refractivity contribution in [3.8, 4) is 0 Å². The SMILES string of the molecule is CCCCc1ccccc1C(=O)O.[Ni]. The maximum atomic E-state index is 10.8. The zero-order chi connectivity index (χ0) is 9.68. The maximum absolute atomic E-state index is 10.8. The van der Waals surface area contributed by atoms with Crippen LogP contribution < -0.4 is 0 Å². The Hall–Kier alpha value is -0.816. The second-order valence-corrected chi connectivity index (χ2v) is 3.07. The van der Waals surface area contributed by atoms with Gasteiger partial charge in [0.2, 0.25) is 0 Å². The van der Waals surface area contributed by atoms with Gasteiger partial charge in [0.05, 0.1) is 5.56 Å². The number of carboxylic acid groups (broad SMARTS) is 1. The van der Waals surface area contributed by atoms with E-state index in [1.807, 2.05) is 12.1 Å². The smallest absolute Gasteiger partial charge is 0.335 e. The molecule has 1 aromatic carbocycles. The average molecular weight is 237 g/mol. The van der Waals surface area contributed by atoms with Gasteiger partial charge in [-0.25, -0.2) is 4.79 Å². The van der Waals surface area contributed by atoms with Crippen molar-refractivity contribution in [1.29, 1.82) is 0 Å². The molecule has 2 nitrogen and oxygen atoms in total. The summed E-state index contributed by atoms with van der Waals surface area (Å²) in [7, 11) is 0. The van der Waals surface area contributed by atoms with E-state index in [0.717, 1.165) is 24.8 Å². The van der Waals surface area contributed by atoms with E-state index in [0.29, 0.717) is 5.56 Å². The molecular weight excluding hydrogens is 223 g/mol. The molecule has 0 saturated carbocycles. The molecule has 1 aromatic rings.